The number of hydrogen-bond acceptors (Lipinski definition) is 2. The molecular formula is C15H15F2NO. The lowest BCUT2D eigenvalue weighted by Gasteiger charge is -2.11. The molecule has 0 saturated heterocycles. The Morgan fingerprint density at radius 1 is 1.05 bits per heavy atom. The maximum absolute atomic E-state index is 13.1. The molecule has 1 N–H and O–H groups in total. The van der Waals surface area contributed by atoms with Crippen molar-refractivity contribution in [3.05, 3.63) is 59.7 Å². The predicted octanol–water partition coefficient (Wildman–Crippen LogP) is 3.87. The summed E-state index contributed by atoms with van der Waals surface area (Å²) >= 11 is 0. The minimum Gasteiger partial charge on any atom is -0.457 e. The Labute approximate surface area is 111 Å². The molecule has 100 valence electrons. The van der Waals surface area contributed by atoms with Crippen LogP contribution in [0, 0.1) is 11.6 Å². The second-order valence-corrected chi connectivity index (χ2v) is 4.07. The standard InChI is InChI=1S/C15H15F2NO/c1-2-18-10-11-5-3-4-6-15(11)19-12-7-8-13(16)14(17)9-12/h3-9,18H,2,10H2,1H3. The van der Waals surface area contributed by atoms with Crippen LogP contribution in [0.5, 0.6) is 11.5 Å². The average molecular weight is 263 g/mol. The Hall–Kier alpha value is -1.94. The molecule has 0 aliphatic rings. The summed E-state index contributed by atoms with van der Waals surface area (Å²) in [4.78, 5) is 0. The van der Waals surface area contributed by atoms with Crippen LogP contribution in [0.25, 0.3) is 0 Å². The van der Waals surface area contributed by atoms with Gasteiger partial charge in [0.1, 0.15) is 11.5 Å². The summed E-state index contributed by atoms with van der Waals surface area (Å²) in [5, 5.41) is 3.20. The van der Waals surface area contributed by atoms with E-state index in [1.165, 1.54) is 6.07 Å². The molecule has 0 aliphatic heterocycles. The van der Waals surface area contributed by atoms with Gasteiger partial charge in [0.25, 0.3) is 0 Å². The summed E-state index contributed by atoms with van der Waals surface area (Å²) in [7, 11) is 0. The quantitative estimate of drug-likeness (QED) is 0.884. The first-order chi connectivity index (χ1) is 9.20. The normalized spacial score (nSPS) is 10.5. The fraction of sp³-hybridized carbons (Fsp3) is 0.200. The molecule has 0 radical (unpaired) electrons. The van der Waals surface area contributed by atoms with Crippen molar-refractivity contribution in [3.8, 4) is 11.5 Å². The molecule has 0 unspecified atom stereocenters. The number of hydrogen-bond donors (Lipinski definition) is 1. The van der Waals surface area contributed by atoms with Gasteiger partial charge >= 0.3 is 0 Å². The molecule has 0 spiro atoms. The van der Waals surface area contributed by atoms with Gasteiger partial charge in [0.15, 0.2) is 11.6 Å². The van der Waals surface area contributed by atoms with Gasteiger partial charge < -0.3 is 10.1 Å². The van der Waals surface area contributed by atoms with Crippen molar-refractivity contribution in [1.82, 2.24) is 5.32 Å². The highest BCUT2D eigenvalue weighted by Gasteiger charge is 2.07. The van der Waals surface area contributed by atoms with Gasteiger partial charge in [-0.05, 0) is 24.7 Å². The molecule has 0 amide bonds. The van der Waals surface area contributed by atoms with E-state index >= 15 is 0 Å². The van der Waals surface area contributed by atoms with E-state index in [0.717, 1.165) is 24.2 Å². The van der Waals surface area contributed by atoms with Gasteiger partial charge in [0.05, 0.1) is 0 Å². The van der Waals surface area contributed by atoms with E-state index in [4.69, 9.17) is 4.74 Å². The largest absolute Gasteiger partial charge is 0.457 e. The first kappa shape index (κ1) is 13.5. The average Bonchev–Trinajstić information content (AvgIpc) is 2.42. The SMILES string of the molecule is CCNCc1ccccc1Oc1ccc(F)c(F)c1. The van der Waals surface area contributed by atoms with Gasteiger partial charge in [-0.1, -0.05) is 25.1 Å². The van der Waals surface area contributed by atoms with Crippen LogP contribution in [0.2, 0.25) is 0 Å². The molecule has 0 fully saturated rings. The lowest BCUT2D eigenvalue weighted by Crippen LogP contribution is -2.12. The lowest BCUT2D eigenvalue weighted by molar-refractivity contribution is 0.455. The Morgan fingerprint density at radius 3 is 2.58 bits per heavy atom. The Bertz CT molecular complexity index is 558. The molecule has 19 heavy (non-hydrogen) atoms. The number of halogens is 2. The maximum Gasteiger partial charge on any atom is 0.162 e. The first-order valence-corrected chi connectivity index (χ1v) is 6.12. The van der Waals surface area contributed by atoms with Gasteiger partial charge in [0.2, 0.25) is 0 Å². The van der Waals surface area contributed by atoms with Crippen molar-refractivity contribution in [1.29, 1.82) is 0 Å². The highest BCUT2D eigenvalue weighted by Crippen LogP contribution is 2.26. The van der Waals surface area contributed by atoms with Crippen molar-refractivity contribution in [2.45, 2.75) is 13.5 Å². The summed E-state index contributed by atoms with van der Waals surface area (Å²) in [6.45, 7) is 3.52. The molecule has 2 rings (SSSR count). The van der Waals surface area contributed by atoms with Crippen LogP contribution < -0.4 is 10.1 Å². The van der Waals surface area contributed by atoms with E-state index in [9.17, 15) is 8.78 Å². The minimum absolute atomic E-state index is 0.280. The van der Waals surface area contributed by atoms with Crippen LogP contribution in [-0.2, 0) is 6.54 Å². The smallest absolute Gasteiger partial charge is 0.162 e. The molecule has 0 heterocycles. The lowest BCUT2D eigenvalue weighted by atomic mass is 10.2. The summed E-state index contributed by atoms with van der Waals surface area (Å²) in [5.41, 5.74) is 0.967. The van der Waals surface area contributed by atoms with E-state index in [1.807, 2.05) is 25.1 Å². The van der Waals surface area contributed by atoms with E-state index in [2.05, 4.69) is 5.32 Å². The van der Waals surface area contributed by atoms with Crippen molar-refractivity contribution >= 4 is 0 Å². The van der Waals surface area contributed by atoms with E-state index < -0.39 is 11.6 Å². The molecule has 2 aromatic rings. The number of rotatable bonds is 5. The molecule has 0 aromatic heterocycles. The molecular weight excluding hydrogens is 248 g/mol. The van der Waals surface area contributed by atoms with Gasteiger partial charge in [-0.2, -0.15) is 0 Å². The van der Waals surface area contributed by atoms with Crippen LogP contribution in [-0.4, -0.2) is 6.54 Å². The van der Waals surface area contributed by atoms with Crippen molar-refractivity contribution < 1.29 is 13.5 Å². The van der Waals surface area contributed by atoms with Gasteiger partial charge in [-0.3, -0.25) is 0 Å². The molecule has 0 aliphatic carbocycles. The maximum atomic E-state index is 13.1. The molecule has 0 atom stereocenters. The summed E-state index contributed by atoms with van der Waals surface area (Å²) in [6, 6.07) is 11.0. The third kappa shape index (κ3) is 3.51. The topological polar surface area (TPSA) is 21.3 Å². The zero-order valence-corrected chi connectivity index (χ0v) is 10.6. The third-order valence-electron chi connectivity index (χ3n) is 2.66. The van der Waals surface area contributed by atoms with Crippen LogP contribution in [0.3, 0.4) is 0 Å². The van der Waals surface area contributed by atoms with Crippen LogP contribution in [0.4, 0.5) is 8.78 Å². The summed E-state index contributed by atoms with van der Waals surface area (Å²) in [6.07, 6.45) is 0. The zero-order valence-electron chi connectivity index (χ0n) is 10.6. The number of nitrogens with one attached hydrogen (secondary N) is 1. The molecule has 4 heteroatoms. The minimum atomic E-state index is -0.915. The monoisotopic (exact) mass is 263 g/mol. The highest BCUT2D eigenvalue weighted by molar-refractivity contribution is 5.38. The summed E-state index contributed by atoms with van der Waals surface area (Å²) in [5.74, 6) is -0.882. The predicted molar refractivity (Wildman–Crippen MR) is 70.3 cm³/mol. The third-order valence-corrected chi connectivity index (χ3v) is 2.66. The van der Waals surface area contributed by atoms with E-state index in [0.29, 0.717) is 12.3 Å². The number of benzene rings is 2. The number of ether oxygens (including phenoxy) is 1. The fourth-order valence-corrected chi connectivity index (χ4v) is 1.68. The van der Waals surface area contributed by atoms with Gasteiger partial charge in [-0.25, -0.2) is 8.78 Å². The van der Waals surface area contributed by atoms with Gasteiger partial charge in [0, 0.05) is 18.2 Å². The number of para-hydroxylation sites is 1. The Balaban J connectivity index is 2.20. The molecule has 2 nitrogen and oxygen atoms in total. The summed E-state index contributed by atoms with van der Waals surface area (Å²) < 4.78 is 31.6. The van der Waals surface area contributed by atoms with Gasteiger partial charge in [-0.15, -0.1) is 0 Å². The highest BCUT2D eigenvalue weighted by atomic mass is 19.2. The zero-order chi connectivity index (χ0) is 13.7. The first-order valence-electron chi connectivity index (χ1n) is 6.12. The van der Waals surface area contributed by atoms with Crippen LogP contribution >= 0.6 is 0 Å². The van der Waals surface area contributed by atoms with Crippen molar-refractivity contribution in [2.24, 2.45) is 0 Å². The van der Waals surface area contributed by atoms with Crippen molar-refractivity contribution in [3.63, 3.8) is 0 Å². The second kappa shape index (κ2) is 6.29. The fourth-order valence-electron chi connectivity index (χ4n) is 1.68. The van der Waals surface area contributed by atoms with E-state index in [-0.39, 0.29) is 5.75 Å². The second-order valence-electron chi connectivity index (χ2n) is 4.07. The molecule has 2 aromatic carbocycles. The Morgan fingerprint density at radius 2 is 1.84 bits per heavy atom. The molecule has 0 saturated carbocycles. The Kier molecular flexibility index (Phi) is 4.47. The van der Waals surface area contributed by atoms with Crippen molar-refractivity contribution in [2.75, 3.05) is 6.54 Å². The van der Waals surface area contributed by atoms with Crippen LogP contribution in [0.15, 0.2) is 42.5 Å². The molecule has 0 bridgehead atoms. The van der Waals surface area contributed by atoms with E-state index in [1.54, 1.807) is 6.07 Å². The van der Waals surface area contributed by atoms with Crippen LogP contribution in [0.1, 0.15) is 12.5 Å².